The van der Waals surface area contributed by atoms with E-state index < -0.39 is 12.1 Å². The van der Waals surface area contributed by atoms with Crippen LogP contribution in [0.1, 0.15) is 97.6 Å². The van der Waals surface area contributed by atoms with Gasteiger partial charge in [-0.2, -0.15) is 5.06 Å². The zero-order chi connectivity index (χ0) is 32.5. The highest BCUT2D eigenvalue weighted by molar-refractivity contribution is 5.82. The first-order chi connectivity index (χ1) is 21.3. The standard InChI is InChI=1S/C38H64N4O3/c1-25(2)16-32(23-40(7)8)41(20-28-12-9-10-13-28)21-29-14-11-15-30(17-29)22-42-36(33(24-45-42)27(4)43)37(44)39-35-19-31-18-34(26(35)3)38(31,5)6/h11,14-15,17,25-28,31-36,43H,9-10,12-13,16,18-24H2,1-8H3,(H,39,44)/t26-,27-,31+,32-,33-,34-,35-,36-/m0/s1. The number of fused-ring (bicyclic) bond motifs is 2. The van der Waals surface area contributed by atoms with Gasteiger partial charge in [0.2, 0.25) is 5.91 Å². The van der Waals surface area contributed by atoms with E-state index in [-0.39, 0.29) is 17.9 Å². The second-order valence-electron chi connectivity index (χ2n) is 16.7. The maximum Gasteiger partial charge on any atom is 0.240 e. The van der Waals surface area contributed by atoms with E-state index in [4.69, 9.17) is 4.84 Å². The lowest BCUT2D eigenvalue weighted by Gasteiger charge is -2.62. The molecular weight excluding hydrogens is 560 g/mol. The quantitative estimate of drug-likeness (QED) is 0.267. The largest absolute Gasteiger partial charge is 0.393 e. The number of benzene rings is 1. The van der Waals surface area contributed by atoms with Crippen molar-refractivity contribution < 1.29 is 14.7 Å². The van der Waals surface area contributed by atoms with Gasteiger partial charge < -0.3 is 15.3 Å². The van der Waals surface area contributed by atoms with Crippen molar-refractivity contribution in [1.29, 1.82) is 0 Å². The summed E-state index contributed by atoms with van der Waals surface area (Å²) in [5.74, 6) is 3.02. The lowest BCUT2D eigenvalue weighted by Crippen LogP contribution is -2.62. The highest BCUT2D eigenvalue weighted by atomic mass is 16.7. The van der Waals surface area contributed by atoms with Gasteiger partial charge in [0.05, 0.1) is 19.3 Å². The maximum atomic E-state index is 13.9. The van der Waals surface area contributed by atoms with Gasteiger partial charge >= 0.3 is 0 Å². The van der Waals surface area contributed by atoms with Gasteiger partial charge in [0.25, 0.3) is 0 Å². The van der Waals surface area contributed by atoms with Crippen LogP contribution in [0.2, 0.25) is 0 Å². The van der Waals surface area contributed by atoms with E-state index in [1.807, 2.05) is 5.06 Å². The third-order valence-corrected chi connectivity index (χ3v) is 12.2. The summed E-state index contributed by atoms with van der Waals surface area (Å²) in [6, 6.07) is 9.11. The van der Waals surface area contributed by atoms with Crippen LogP contribution in [0.3, 0.4) is 0 Å². The van der Waals surface area contributed by atoms with Gasteiger partial charge in [-0.3, -0.25) is 14.5 Å². The Hall–Kier alpha value is -1.51. The first-order valence-corrected chi connectivity index (χ1v) is 18.2. The normalized spacial score (nSPS) is 31.5. The molecule has 0 radical (unpaired) electrons. The summed E-state index contributed by atoms with van der Waals surface area (Å²) in [6.07, 6.45) is 8.36. The van der Waals surface area contributed by atoms with E-state index in [2.05, 4.69) is 88.1 Å². The smallest absolute Gasteiger partial charge is 0.240 e. The van der Waals surface area contributed by atoms with Crippen LogP contribution < -0.4 is 5.32 Å². The van der Waals surface area contributed by atoms with E-state index in [0.717, 1.165) is 31.0 Å². The molecule has 1 aromatic rings. The summed E-state index contributed by atoms with van der Waals surface area (Å²) in [6.45, 7) is 17.7. The number of amides is 1. The van der Waals surface area contributed by atoms with Crippen LogP contribution in [-0.4, -0.2) is 83.9 Å². The Labute approximate surface area is 274 Å². The maximum absolute atomic E-state index is 13.9. The van der Waals surface area contributed by atoms with Gasteiger partial charge in [0, 0.05) is 37.6 Å². The Morgan fingerprint density at radius 2 is 1.84 bits per heavy atom. The number of likely N-dealkylation sites (N-methyl/N-ethyl adjacent to an activating group) is 1. The highest BCUT2D eigenvalue weighted by Crippen LogP contribution is 2.61. The Balaban J connectivity index is 1.29. The Kier molecular flexibility index (Phi) is 11.4. The molecule has 2 bridgehead atoms. The second kappa shape index (κ2) is 14.7. The SMILES string of the molecule is CC(C)C[C@@H](CN(C)C)N(Cc1cccc(CN2OC[C@@H]([C@H](C)O)[C@H]2C(=O)N[C@H]2C[C@H]3C[C@@H]([C@@H]2C)C3(C)C)c1)CC1CCCC1. The van der Waals surface area contributed by atoms with Gasteiger partial charge in [-0.25, -0.2) is 0 Å². The molecule has 7 heteroatoms. The lowest BCUT2D eigenvalue weighted by molar-refractivity contribution is -0.161. The van der Waals surface area contributed by atoms with Crippen LogP contribution in [0.5, 0.6) is 0 Å². The number of nitrogens with zero attached hydrogens (tertiary/aromatic N) is 3. The number of hydrogen-bond donors (Lipinski definition) is 2. The van der Waals surface area contributed by atoms with Crippen LogP contribution >= 0.6 is 0 Å². The molecule has 4 saturated carbocycles. The number of carbonyl (C=O) groups excluding carboxylic acids is 1. The minimum Gasteiger partial charge on any atom is -0.393 e. The Bertz CT molecular complexity index is 1110. The van der Waals surface area contributed by atoms with Gasteiger partial charge in [-0.15, -0.1) is 0 Å². The molecule has 1 aromatic carbocycles. The lowest BCUT2D eigenvalue weighted by atomic mass is 9.45. The van der Waals surface area contributed by atoms with Crippen LogP contribution in [0.15, 0.2) is 24.3 Å². The zero-order valence-corrected chi connectivity index (χ0v) is 29.7. The molecule has 1 heterocycles. The molecule has 0 aromatic heterocycles. The third-order valence-electron chi connectivity index (χ3n) is 12.2. The summed E-state index contributed by atoms with van der Waals surface area (Å²) in [5, 5.41) is 16.0. The predicted octanol–water partition coefficient (Wildman–Crippen LogP) is 5.95. The Morgan fingerprint density at radius 1 is 1.13 bits per heavy atom. The highest BCUT2D eigenvalue weighted by Gasteiger charge is 2.57. The van der Waals surface area contributed by atoms with Crippen molar-refractivity contribution in [2.24, 2.45) is 40.9 Å². The number of carbonyl (C=O) groups is 1. The first-order valence-electron chi connectivity index (χ1n) is 18.2. The molecule has 4 aliphatic carbocycles. The number of hydrogen-bond acceptors (Lipinski definition) is 6. The van der Waals surface area contributed by atoms with E-state index in [0.29, 0.717) is 48.3 Å². The summed E-state index contributed by atoms with van der Waals surface area (Å²) < 4.78 is 0. The Morgan fingerprint density at radius 3 is 2.47 bits per heavy atom. The topological polar surface area (TPSA) is 68.3 Å². The van der Waals surface area contributed by atoms with E-state index in [1.165, 1.54) is 50.6 Å². The third kappa shape index (κ3) is 8.14. The van der Waals surface area contributed by atoms with Gasteiger partial charge in [-0.05, 0) is 99.3 Å². The van der Waals surface area contributed by atoms with Crippen LogP contribution in [0, 0.1) is 40.9 Å². The fourth-order valence-electron chi connectivity index (χ4n) is 9.46. The second-order valence-corrected chi connectivity index (χ2v) is 16.7. The molecule has 8 atom stereocenters. The van der Waals surface area contributed by atoms with E-state index >= 15 is 0 Å². The molecule has 1 aliphatic heterocycles. The van der Waals surface area contributed by atoms with Crippen molar-refractivity contribution in [3.05, 3.63) is 35.4 Å². The van der Waals surface area contributed by atoms with Crippen molar-refractivity contribution in [3.63, 3.8) is 0 Å². The van der Waals surface area contributed by atoms with E-state index in [1.54, 1.807) is 6.92 Å². The predicted molar refractivity (Wildman–Crippen MR) is 182 cm³/mol. The molecule has 254 valence electrons. The monoisotopic (exact) mass is 624 g/mol. The summed E-state index contributed by atoms with van der Waals surface area (Å²) in [5.41, 5.74) is 2.85. The van der Waals surface area contributed by atoms with Crippen molar-refractivity contribution in [3.8, 4) is 0 Å². The van der Waals surface area contributed by atoms with E-state index in [9.17, 15) is 9.90 Å². The first kappa shape index (κ1) is 34.8. The molecule has 5 fully saturated rings. The average Bonchev–Trinajstić information content (AvgIpc) is 3.63. The summed E-state index contributed by atoms with van der Waals surface area (Å²) >= 11 is 0. The number of aliphatic hydroxyl groups excluding tert-OH is 1. The molecule has 7 nitrogen and oxygen atoms in total. The molecular formula is C38H64N4O3. The number of aliphatic hydroxyl groups is 1. The molecule has 45 heavy (non-hydrogen) atoms. The number of hydroxylamine groups is 2. The van der Waals surface area contributed by atoms with Crippen molar-refractivity contribution in [1.82, 2.24) is 20.2 Å². The fourth-order valence-corrected chi connectivity index (χ4v) is 9.46. The van der Waals surface area contributed by atoms with Crippen LogP contribution in [0.25, 0.3) is 0 Å². The average molecular weight is 625 g/mol. The van der Waals surface area contributed by atoms with Crippen LogP contribution in [-0.2, 0) is 22.7 Å². The summed E-state index contributed by atoms with van der Waals surface area (Å²) in [7, 11) is 4.40. The molecule has 0 spiro atoms. The van der Waals surface area contributed by atoms with Gasteiger partial charge in [0.15, 0.2) is 0 Å². The van der Waals surface area contributed by atoms with Crippen molar-refractivity contribution in [2.75, 3.05) is 33.8 Å². The minimum absolute atomic E-state index is 0.00784. The number of nitrogens with one attached hydrogen (secondary N) is 1. The molecule has 1 amide bonds. The minimum atomic E-state index is -0.619. The number of rotatable bonds is 14. The van der Waals surface area contributed by atoms with Gasteiger partial charge in [-0.1, -0.05) is 71.7 Å². The molecule has 2 N–H and O–H groups in total. The molecule has 1 saturated heterocycles. The fraction of sp³-hybridized carbons (Fsp3) is 0.816. The van der Waals surface area contributed by atoms with Crippen molar-refractivity contribution in [2.45, 2.75) is 124 Å². The zero-order valence-electron chi connectivity index (χ0n) is 29.7. The van der Waals surface area contributed by atoms with Crippen LogP contribution in [0.4, 0.5) is 0 Å². The molecule has 5 aliphatic rings. The van der Waals surface area contributed by atoms with Crippen molar-refractivity contribution >= 4 is 5.91 Å². The molecule has 6 rings (SSSR count). The molecule has 0 unspecified atom stereocenters. The summed E-state index contributed by atoms with van der Waals surface area (Å²) in [4.78, 5) is 25.2. The van der Waals surface area contributed by atoms with Gasteiger partial charge in [0.1, 0.15) is 6.04 Å².